The Kier molecular flexibility index (Phi) is 5.04. The number of rotatable bonds is 4. The lowest BCUT2D eigenvalue weighted by atomic mass is 10.1. The molecule has 0 saturated heterocycles. The van der Waals surface area contributed by atoms with Gasteiger partial charge in [-0.15, -0.1) is 0 Å². The van der Waals surface area contributed by atoms with Crippen molar-refractivity contribution >= 4 is 40.2 Å². The van der Waals surface area contributed by atoms with Crippen molar-refractivity contribution in [3.8, 4) is 0 Å². The second kappa shape index (κ2) is 7.11. The van der Waals surface area contributed by atoms with Crippen molar-refractivity contribution in [1.82, 2.24) is 14.9 Å². The predicted molar refractivity (Wildman–Crippen MR) is 97.7 cm³/mol. The highest BCUT2D eigenvalue weighted by atomic mass is 35.5. The monoisotopic (exact) mass is 395 g/mol. The molecule has 3 rings (SSSR count). The molecule has 3 aromatic rings. The van der Waals surface area contributed by atoms with Gasteiger partial charge in [-0.25, -0.2) is 4.98 Å². The molecule has 0 saturated carbocycles. The fraction of sp³-hybridized carbons (Fsp3) is 0.235. The molecule has 0 unspecified atom stereocenters. The van der Waals surface area contributed by atoms with Crippen LogP contribution in [0.4, 0.5) is 0 Å². The molecular formula is C17H15Cl2N3O4. The molecule has 2 heterocycles. The molecule has 2 N–H and O–H groups in total. The lowest BCUT2D eigenvalue weighted by Crippen LogP contribution is -2.30. The van der Waals surface area contributed by atoms with Crippen molar-refractivity contribution in [3.63, 3.8) is 0 Å². The summed E-state index contributed by atoms with van der Waals surface area (Å²) in [5, 5.41) is 13.7. The number of aryl methyl sites for hydroxylation is 2. The summed E-state index contributed by atoms with van der Waals surface area (Å²) in [6, 6.07) is 4.66. The minimum atomic E-state index is -1.02. The number of aromatic nitrogens is 2. The smallest absolute Gasteiger partial charge is 0.265 e. The van der Waals surface area contributed by atoms with Gasteiger partial charge in [0.25, 0.3) is 11.5 Å². The number of hydrogen-bond acceptors (Lipinski definition) is 5. The van der Waals surface area contributed by atoms with Crippen LogP contribution in [0.1, 0.15) is 27.8 Å². The third-order valence-corrected chi connectivity index (χ3v) is 4.34. The van der Waals surface area contributed by atoms with Gasteiger partial charge in [-0.3, -0.25) is 9.59 Å². The van der Waals surface area contributed by atoms with Crippen LogP contribution in [0.25, 0.3) is 11.1 Å². The highest BCUT2D eigenvalue weighted by Gasteiger charge is 2.23. The van der Waals surface area contributed by atoms with Crippen molar-refractivity contribution in [2.45, 2.75) is 13.0 Å². The summed E-state index contributed by atoms with van der Waals surface area (Å²) < 4.78 is 6.66. The van der Waals surface area contributed by atoms with Crippen LogP contribution in [0.2, 0.25) is 10.0 Å². The minimum absolute atomic E-state index is 0.0950. The third-order valence-electron chi connectivity index (χ3n) is 3.90. The number of carbonyl (C=O) groups is 1. The summed E-state index contributed by atoms with van der Waals surface area (Å²) in [7, 11) is 1.53. The fourth-order valence-electron chi connectivity index (χ4n) is 2.62. The van der Waals surface area contributed by atoms with Crippen LogP contribution in [0.15, 0.2) is 33.7 Å². The fourth-order valence-corrected chi connectivity index (χ4v) is 3.17. The Balaban J connectivity index is 1.85. The van der Waals surface area contributed by atoms with E-state index in [1.165, 1.54) is 17.9 Å². The number of nitrogens with one attached hydrogen (secondary N) is 1. The number of hydrogen-bond donors (Lipinski definition) is 2. The first-order valence-electron chi connectivity index (χ1n) is 7.65. The minimum Gasteiger partial charge on any atom is -0.442 e. The van der Waals surface area contributed by atoms with Gasteiger partial charge in [-0.1, -0.05) is 23.2 Å². The summed E-state index contributed by atoms with van der Waals surface area (Å²) in [5.74, 6) is -0.271. The van der Waals surface area contributed by atoms with E-state index < -0.39 is 12.0 Å². The normalized spacial score (nSPS) is 12.3. The van der Waals surface area contributed by atoms with E-state index in [1.807, 2.05) is 0 Å². The molecule has 0 aliphatic carbocycles. The topological polar surface area (TPSA) is 97.4 Å². The molecule has 9 heteroatoms. The van der Waals surface area contributed by atoms with Gasteiger partial charge in [-0.2, -0.15) is 0 Å². The first kappa shape index (κ1) is 18.4. The van der Waals surface area contributed by atoms with Crippen LogP contribution in [-0.4, -0.2) is 27.1 Å². The summed E-state index contributed by atoms with van der Waals surface area (Å²) >= 11 is 11.8. The number of aliphatic hydroxyl groups is 1. The first-order valence-corrected chi connectivity index (χ1v) is 8.40. The van der Waals surface area contributed by atoms with E-state index in [0.29, 0.717) is 15.6 Å². The number of furan rings is 1. The van der Waals surface area contributed by atoms with Gasteiger partial charge in [0.2, 0.25) is 5.71 Å². The zero-order chi connectivity index (χ0) is 19.0. The Labute approximate surface area is 158 Å². The van der Waals surface area contributed by atoms with Crippen LogP contribution < -0.4 is 10.9 Å². The van der Waals surface area contributed by atoms with Crippen molar-refractivity contribution in [2.24, 2.45) is 7.05 Å². The standard InChI is InChI=1S/C17H15Cl2N3O4/c1-8-13(14-16(26-8)21-7-22(2)17(14)25)15(24)20-6-12(23)9-3-10(18)5-11(19)4-9/h3-5,7,12,23H,6H2,1-2H3,(H,20,24)/t12-/m1/s1. The molecule has 0 bridgehead atoms. The van der Waals surface area contributed by atoms with E-state index in [0.717, 1.165) is 0 Å². The maximum Gasteiger partial charge on any atom is 0.265 e. The highest BCUT2D eigenvalue weighted by Crippen LogP contribution is 2.24. The first-order chi connectivity index (χ1) is 12.3. The van der Waals surface area contributed by atoms with E-state index in [9.17, 15) is 14.7 Å². The van der Waals surface area contributed by atoms with Gasteiger partial charge in [0.15, 0.2) is 0 Å². The number of fused-ring (bicyclic) bond motifs is 1. The molecule has 2 aromatic heterocycles. The quantitative estimate of drug-likeness (QED) is 0.707. The van der Waals surface area contributed by atoms with Crippen LogP contribution in [-0.2, 0) is 7.05 Å². The number of benzene rings is 1. The largest absolute Gasteiger partial charge is 0.442 e. The molecule has 1 amide bonds. The van der Waals surface area contributed by atoms with Crippen molar-refractivity contribution in [2.75, 3.05) is 6.54 Å². The van der Waals surface area contributed by atoms with Gasteiger partial charge in [0, 0.05) is 23.6 Å². The van der Waals surface area contributed by atoms with Crippen molar-refractivity contribution in [3.05, 3.63) is 61.8 Å². The predicted octanol–water partition coefficient (Wildman–Crippen LogP) is 2.61. The maximum atomic E-state index is 12.6. The highest BCUT2D eigenvalue weighted by molar-refractivity contribution is 6.34. The van der Waals surface area contributed by atoms with E-state index in [2.05, 4.69) is 10.3 Å². The van der Waals surface area contributed by atoms with Gasteiger partial charge in [0.05, 0.1) is 11.7 Å². The zero-order valence-electron chi connectivity index (χ0n) is 13.9. The molecule has 136 valence electrons. The van der Waals surface area contributed by atoms with E-state index in [-0.39, 0.29) is 34.5 Å². The number of carbonyl (C=O) groups excluding carboxylic acids is 1. The number of halogens is 2. The second-order valence-electron chi connectivity index (χ2n) is 5.80. The van der Waals surface area contributed by atoms with Crippen LogP contribution >= 0.6 is 23.2 Å². The van der Waals surface area contributed by atoms with E-state index in [1.54, 1.807) is 25.1 Å². The van der Waals surface area contributed by atoms with Gasteiger partial charge in [0.1, 0.15) is 17.5 Å². The van der Waals surface area contributed by atoms with E-state index in [4.69, 9.17) is 27.6 Å². The third kappa shape index (κ3) is 3.46. The van der Waals surface area contributed by atoms with Crippen molar-refractivity contribution < 1.29 is 14.3 Å². The molecule has 0 radical (unpaired) electrons. The van der Waals surface area contributed by atoms with Crippen LogP contribution in [0.5, 0.6) is 0 Å². The Hall–Kier alpha value is -2.35. The summed E-state index contributed by atoms with van der Waals surface area (Å²) in [4.78, 5) is 28.9. The summed E-state index contributed by atoms with van der Waals surface area (Å²) in [6.07, 6.45) is 0.302. The lowest BCUT2D eigenvalue weighted by molar-refractivity contribution is 0.0916. The van der Waals surface area contributed by atoms with Crippen molar-refractivity contribution in [1.29, 1.82) is 0 Å². The number of aliphatic hydroxyl groups excluding tert-OH is 1. The SMILES string of the molecule is Cc1oc2ncn(C)c(=O)c2c1C(=O)NC[C@@H](O)c1cc(Cl)cc(Cl)c1. The molecule has 0 aliphatic heterocycles. The lowest BCUT2D eigenvalue weighted by Gasteiger charge is -2.13. The Morgan fingerprint density at radius 3 is 2.65 bits per heavy atom. The Bertz CT molecular complexity index is 1040. The van der Waals surface area contributed by atoms with Gasteiger partial charge in [-0.05, 0) is 30.7 Å². The molecule has 1 aromatic carbocycles. The zero-order valence-corrected chi connectivity index (χ0v) is 15.4. The maximum absolute atomic E-state index is 12.6. The van der Waals surface area contributed by atoms with E-state index >= 15 is 0 Å². The number of nitrogens with zero attached hydrogens (tertiary/aromatic N) is 2. The average Bonchev–Trinajstić information content (AvgIpc) is 2.91. The molecule has 26 heavy (non-hydrogen) atoms. The second-order valence-corrected chi connectivity index (χ2v) is 6.68. The van der Waals surface area contributed by atoms with Gasteiger partial charge >= 0.3 is 0 Å². The number of amides is 1. The molecule has 0 aliphatic rings. The summed E-state index contributed by atoms with van der Waals surface area (Å²) in [5.41, 5.74) is 0.274. The molecular weight excluding hydrogens is 381 g/mol. The Morgan fingerprint density at radius 1 is 1.35 bits per heavy atom. The Morgan fingerprint density at radius 2 is 2.00 bits per heavy atom. The molecule has 1 atom stereocenters. The summed E-state index contributed by atoms with van der Waals surface area (Å²) in [6.45, 7) is 1.48. The molecule has 0 fully saturated rings. The van der Waals surface area contributed by atoms with Crippen LogP contribution in [0.3, 0.4) is 0 Å². The van der Waals surface area contributed by atoms with Crippen LogP contribution in [0, 0.1) is 6.92 Å². The van der Waals surface area contributed by atoms with Gasteiger partial charge < -0.3 is 19.4 Å². The molecule has 0 spiro atoms. The molecule has 7 nitrogen and oxygen atoms in total. The average molecular weight is 396 g/mol.